The maximum atomic E-state index is 13.4. The number of aromatic nitrogens is 2. The number of pyridine rings is 1. The maximum Gasteiger partial charge on any atom is 0.224 e. The van der Waals surface area contributed by atoms with Crippen LogP contribution in [0.5, 0.6) is 0 Å². The molecule has 1 unspecified atom stereocenters. The van der Waals surface area contributed by atoms with Gasteiger partial charge in [0.15, 0.2) is 0 Å². The van der Waals surface area contributed by atoms with E-state index in [1.54, 1.807) is 18.5 Å². The highest BCUT2D eigenvalue weighted by atomic mass is 35.5. The highest BCUT2D eigenvalue weighted by Crippen LogP contribution is 2.20. The van der Waals surface area contributed by atoms with E-state index in [4.69, 9.17) is 11.6 Å². The molecule has 2 heterocycles. The van der Waals surface area contributed by atoms with Crippen LogP contribution in [0.25, 0.3) is 11.0 Å². The molecule has 3 aromatic rings. The summed E-state index contributed by atoms with van der Waals surface area (Å²) in [6.45, 7) is -0.0134. The Kier molecular flexibility index (Phi) is 4.78. The fraction of sp³-hybridized carbons (Fsp3) is 0.176. The fourth-order valence-electron chi connectivity index (χ4n) is 2.44. The van der Waals surface area contributed by atoms with Gasteiger partial charge in [0, 0.05) is 24.3 Å². The number of carbonyl (C=O) groups excluding carboxylic acids is 1. The number of aliphatic hydroxyl groups excluding tert-OH is 1. The number of nitrogens with one attached hydrogen (secondary N) is 2. The lowest BCUT2D eigenvalue weighted by molar-refractivity contribution is -0.120. The molecule has 0 bridgehead atoms. The molecule has 0 aliphatic carbocycles. The number of hydrogen-bond acceptors (Lipinski definition) is 3. The summed E-state index contributed by atoms with van der Waals surface area (Å²) in [5.74, 6) is -0.848. The molecule has 1 atom stereocenters. The zero-order chi connectivity index (χ0) is 17.1. The van der Waals surface area contributed by atoms with Gasteiger partial charge in [-0.25, -0.2) is 9.37 Å². The van der Waals surface area contributed by atoms with E-state index in [2.05, 4.69) is 15.3 Å². The number of aliphatic hydroxyl groups is 1. The van der Waals surface area contributed by atoms with Crippen LogP contribution in [0.15, 0.2) is 42.7 Å². The van der Waals surface area contributed by atoms with E-state index in [0.717, 1.165) is 22.7 Å². The van der Waals surface area contributed by atoms with Gasteiger partial charge >= 0.3 is 0 Å². The first kappa shape index (κ1) is 16.4. The van der Waals surface area contributed by atoms with Crippen LogP contribution in [0.4, 0.5) is 4.39 Å². The minimum atomic E-state index is -1.01. The number of H-pyrrole nitrogens is 1. The van der Waals surface area contributed by atoms with E-state index in [1.165, 1.54) is 12.1 Å². The van der Waals surface area contributed by atoms with Crippen molar-refractivity contribution in [3.05, 3.63) is 64.7 Å². The third kappa shape index (κ3) is 3.55. The SMILES string of the molecule is O=C(Cc1c[nH]c2ncccc12)NCC(O)c1ccc(Cl)c(F)c1. The molecule has 3 N–H and O–H groups in total. The Morgan fingerprint density at radius 3 is 3.04 bits per heavy atom. The molecule has 0 radical (unpaired) electrons. The summed E-state index contributed by atoms with van der Waals surface area (Å²) in [5.41, 5.74) is 1.90. The molecule has 0 saturated heterocycles. The van der Waals surface area contributed by atoms with Crippen molar-refractivity contribution in [2.24, 2.45) is 0 Å². The van der Waals surface area contributed by atoms with Crippen molar-refractivity contribution in [2.75, 3.05) is 6.54 Å². The zero-order valence-corrected chi connectivity index (χ0v) is 13.3. The molecule has 7 heteroatoms. The van der Waals surface area contributed by atoms with Crippen LogP contribution < -0.4 is 5.32 Å². The first-order valence-corrected chi connectivity index (χ1v) is 7.73. The molecular weight excluding hydrogens is 333 g/mol. The number of rotatable bonds is 5. The molecule has 24 heavy (non-hydrogen) atoms. The number of halogens is 2. The molecule has 0 fully saturated rings. The lowest BCUT2D eigenvalue weighted by Gasteiger charge is -2.12. The quantitative estimate of drug-likeness (QED) is 0.664. The van der Waals surface area contributed by atoms with E-state index < -0.39 is 11.9 Å². The van der Waals surface area contributed by atoms with Gasteiger partial charge in [0.05, 0.1) is 17.5 Å². The average Bonchev–Trinajstić information content (AvgIpc) is 2.98. The van der Waals surface area contributed by atoms with Crippen LogP contribution in [-0.4, -0.2) is 27.5 Å². The van der Waals surface area contributed by atoms with Crippen molar-refractivity contribution in [2.45, 2.75) is 12.5 Å². The van der Waals surface area contributed by atoms with Gasteiger partial charge in [0.25, 0.3) is 0 Å². The molecule has 1 amide bonds. The molecule has 2 aromatic heterocycles. The predicted octanol–water partition coefficient (Wildman–Crippen LogP) is 2.75. The molecule has 1 aromatic carbocycles. The predicted molar refractivity (Wildman–Crippen MR) is 89.2 cm³/mol. The second-order valence-corrected chi connectivity index (χ2v) is 5.79. The van der Waals surface area contributed by atoms with Crippen molar-refractivity contribution in [3.63, 3.8) is 0 Å². The number of amides is 1. The Morgan fingerprint density at radius 1 is 1.42 bits per heavy atom. The number of hydrogen-bond donors (Lipinski definition) is 3. The van der Waals surface area contributed by atoms with Gasteiger partial charge < -0.3 is 15.4 Å². The maximum absolute atomic E-state index is 13.4. The lowest BCUT2D eigenvalue weighted by Crippen LogP contribution is -2.29. The standard InChI is InChI=1S/C17H15ClFN3O2/c18-13-4-3-10(6-14(13)19)15(23)9-21-16(24)7-11-8-22-17-12(11)2-1-5-20-17/h1-6,8,15,23H,7,9H2,(H,20,22)(H,21,24). The van der Waals surface area contributed by atoms with E-state index in [1.807, 2.05) is 6.07 Å². The van der Waals surface area contributed by atoms with E-state index in [-0.39, 0.29) is 23.9 Å². The largest absolute Gasteiger partial charge is 0.387 e. The van der Waals surface area contributed by atoms with Crippen molar-refractivity contribution in [1.82, 2.24) is 15.3 Å². The Hall–Kier alpha value is -2.44. The second kappa shape index (κ2) is 6.98. The summed E-state index contributed by atoms with van der Waals surface area (Å²) >= 11 is 5.61. The topological polar surface area (TPSA) is 78.0 Å². The monoisotopic (exact) mass is 347 g/mol. The molecule has 0 aliphatic heterocycles. The van der Waals surface area contributed by atoms with Gasteiger partial charge in [-0.2, -0.15) is 0 Å². The van der Waals surface area contributed by atoms with Crippen molar-refractivity contribution < 1.29 is 14.3 Å². The molecule has 5 nitrogen and oxygen atoms in total. The van der Waals surface area contributed by atoms with Crippen LogP contribution in [0.1, 0.15) is 17.2 Å². The number of benzene rings is 1. The second-order valence-electron chi connectivity index (χ2n) is 5.38. The van der Waals surface area contributed by atoms with E-state index in [0.29, 0.717) is 5.56 Å². The smallest absolute Gasteiger partial charge is 0.224 e. The normalized spacial score (nSPS) is 12.3. The van der Waals surface area contributed by atoms with Crippen LogP contribution in [-0.2, 0) is 11.2 Å². The molecule has 3 rings (SSSR count). The minimum Gasteiger partial charge on any atom is -0.387 e. The highest BCUT2D eigenvalue weighted by Gasteiger charge is 2.13. The van der Waals surface area contributed by atoms with Gasteiger partial charge in [-0.1, -0.05) is 17.7 Å². The van der Waals surface area contributed by atoms with Crippen molar-refractivity contribution in [1.29, 1.82) is 0 Å². The van der Waals surface area contributed by atoms with Gasteiger partial charge in [0.1, 0.15) is 11.5 Å². The Balaban J connectivity index is 1.60. The van der Waals surface area contributed by atoms with E-state index in [9.17, 15) is 14.3 Å². The zero-order valence-electron chi connectivity index (χ0n) is 12.6. The number of fused-ring (bicyclic) bond motifs is 1. The first-order valence-electron chi connectivity index (χ1n) is 7.35. The van der Waals surface area contributed by atoms with E-state index >= 15 is 0 Å². The molecule has 0 saturated carbocycles. The third-order valence-electron chi connectivity index (χ3n) is 3.71. The van der Waals surface area contributed by atoms with Crippen LogP contribution in [0, 0.1) is 5.82 Å². The molecule has 0 aliphatic rings. The Bertz CT molecular complexity index is 881. The average molecular weight is 348 g/mol. The first-order chi connectivity index (χ1) is 11.5. The van der Waals surface area contributed by atoms with Crippen LogP contribution >= 0.6 is 11.6 Å². The van der Waals surface area contributed by atoms with Gasteiger partial charge in [-0.3, -0.25) is 4.79 Å². The van der Waals surface area contributed by atoms with Crippen molar-refractivity contribution in [3.8, 4) is 0 Å². The number of carbonyl (C=O) groups is 1. The molecular formula is C17H15ClFN3O2. The van der Waals surface area contributed by atoms with Crippen molar-refractivity contribution >= 4 is 28.5 Å². The van der Waals surface area contributed by atoms with Crippen LogP contribution in [0.3, 0.4) is 0 Å². The summed E-state index contributed by atoms with van der Waals surface area (Å²) in [6.07, 6.45) is 2.56. The Labute approximate surface area is 142 Å². The Morgan fingerprint density at radius 2 is 2.25 bits per heavy atom. The lowest BCUT2D eigenvalue weighted by atomic mass is 10.1. The summed E-state index contributed by atoms with van der Waals surface area (Å²) in [4.78, 5) is 19.2. The van der Waals surface area contributed by atoms with Crippen LogP contribution in [0.2, 0.25) is 5.02 Å². The van der Waals surface area contributed by atoms with Gasteiger partial charge in [0.2, 0.25) is 5.91 Å². The third-order valence-corrected chi connectivity index (χ3v) is 4.02. The van der Waals surface area contributed by atoms with Gasteiger partial charge in [-0.15, -0.1) is 0 Å². The summed E-state index contributed by atoms with van der Waals surface area (Å²) in [5, 5.41) is 13.6. The molecule has 124 valence electrons. The number of aromatic amines is 1. The molecule has 0 spiro atoms. The summed E-state index contributed by atoms with van der Waals surface area (Å²) < 4.78 is 13.4. The number of nitrogens with zero attached hydrogens (tertiary/aromatic N) is 1. The summed E-state index contributed by atoms with van der Waals surface area (Å²) in [7, 11) is 0. The van der Waals surface area contributed by atoms with Gasteiger partial charge in [-0.05, 0) is 35.4 Å². The highest BCUT2D eigenvalue weighted by molar-refractivity contribution is 6.30. The summed E-state index contributed by atoms with van der Waals surface area (Å²) in [6, 6.07) is 7.73. The minimum absolute atomic E-state index is 0.0112. The fourth-order valence-corrected chi connectivity index (χ4v) is 2.56.